The van der Waals surface area contributed by atoms with Crippen LogP contribution in [0.5, 0.6) is 0 Å². The number of halogens is 1. The first kappa shape index (κ1) is 11.0. The first-order valence-corrected chi connectivity index (χ1v) is 5.60. The lowest BCUT2D eigenvalue weighted by Gasteiger charge is -2.01. The molecule has 2 aromatic rings. The summed E-state index contributed by atoms with van der Waals surface area (Å²) < 4.78 is 0.621. The SMILES string of the molecule is Cc1cnc(-c2ccc(Cl)s2)nc1C(=O)O. The minimum absolute atomic E-state index is 0.0227. The number of aryl methyl sites for hydroxylation is 1. The molecule has 0 unspecified atom stereocenters. The van der Waals surface area contributed by atoms with Crippen LogP contribution < -0.4 is 0 Å². The Morgan fingerprint density at radius 1 is 1.50 bits per heavy atom. The van der Waals surface area contributed by atoms with Gasteiger partial charge in [-0.3, -0.25) is 0 Å². The summed E-state index contributed by atoms with van der Waals surface area (Å²) in [6.07, 6.45) is 1.50. The molecule has 1 N–H and O–H groups in total. The van der Waals surface area contributed by atoms with Crippen LogP contribution in [0.2, 0.25) is 4.34 Å². The molecule has 2 aromatic heterocycles. The Morgan fingerprint density at radius 3 is 2.81 bits per heavy atom. The number of thiophene rings is 1. The lowest BCUT2D eigenvalue weighted by molar-refractivity contribution is 0.0689. The van der Waals surface area contributed by atoms with E-state index in [-0.39, 0.29) is 5.69 Å². The summed E-state index contributed by atoms with van der Waals surface area (Å²) in [5, 5.41) is 8.93. The predicted molar refractivity (Wildman–Crippen MR) is 62.1 cm³/mol. The zero-order valence-corrected chi connectivity index (χ0v) is 9.84. The Labute approximate surface area is 101 Å². The van der Waals surface area contributed by atoms with Gasteiger partial charge in [-0.05, 0) is 19.1 Å². The maximum Gasteiger partial charge on any atom is 0.354 e. The molecule has 0 amide bonds. The van der Waals surface area contributed by atoms with Gasteiger partial charge in [-0.2, -0.15) is 0 Å². The summed E-state index contributed by atoms with van der Waals surface area (Å²) in [6.45, 7) is 1.66. The normalized spacial score (nSPS) is 10.4. The Bertz CT molecular complexity index is 554. The maximum absolute atomic E-state index is 10.9. The van der Waals surface area contributed by atoms with Gasteiger partial charge >= 0.3 is 5.97 Å². The van der Waals surface area contributed by atoms with Crippen LogP contribution in [0, 0.1) is 6.92 Å². The third-order valence-electron chi connectivity index (χ3n) is 1.97. The summed E-state index contributed by atoms with van der Waals surface area (Å²) in [4.78, 5) is 19.7. The highest BCUT2D eigenvalue weighted by atomic mass is 35.5. The van der Waals surface area contributed by atoms with Crippen LogP contribution in [0.1, 0.15) is 16.1 Å². The molecule has 4 nitrogen and oxygen atoms in total. The molecule has 2 rings (SSSR count). The molecule has 0 saturated heterocycles. The number of aromatic carboxylic acids is 1. The molecule has 0 bridgehead atoms. The van der Waals surface area contributed by atoms with E-state index in [2.05, 4.69) is 9.97 Å². The first-order valence-electron chi connectivity index (χ1n) is 4.40. The van der Waals surface area contributed by atoms with Crippen molar-refractivity contribution in [2.24, 2.45) is 0 Å². The highest BCUT2D eigenvalue weighted by Gasteiger charge is 2.12. The van der Waals surface area contributed by atoms with E-state index in [1.165, 1.54) is 17.5 Å². The molecule has 6 heteroatoms. The van der Waals surface area contributed by atoms with E-state index >= 15 is 0 Å². The van der Waals surface area contributed by atoms with Gasteiger partial charge in [0.1, 0.15) is 0 Å². The molecule has 0 saturated carbocycles. The number of carbonyl (C=O) groups is 1. The van der Waals surface area contributed by atoms with Crippen molar-refractivity contribution in [1.29, 1.82) is 0 Å². The van der Waals surface area contributed by atoms with Crippen LogP contribution in [0.15, 0.2) is 18.3 Å². The first-order chi connectivity index (χ1) is 7.58. The average Bonchev–Trinajstić information content (AvgIpc) is 2.65. The molecule has 0 radical (unpaired) electrons. The van der Waals surface area contributed by atoms with Crippen LogP contribution in [0.3, 0.4) is 0 Å². The number of aromatic nitrogens is 2. The fraction of sp³-hybridized carbons (Fsp3) is 0.100. The molecule has 0 aliphatic heterocycles. The third kappa shape index (κ3) is 2.05. The minimum atomic E-state index is -1.05. The van der Waals surface area contributed by atoms with Crippen molar-refractivity contribution >= 4 is 28.9 Å². The monoisotopic (exact) mass is 254 g/mol. The molecule has 0 aliphatic rings. The van der Waals surface area contributed by atoms with Gasteiger partial charge in [0.25, 0.3) is 0 Å². The highest BCUT2D eigenvalue weighted by molar-refractivity contribution is 7.19. The van der Waals surface area contributed by atoms with Gasteiger partial charge in [-0.25, -0.2) is 14.8 Å². The number of nitrogens with zero attached hydrogens (tertiary/aromatic N) is 2. The molecule has 0 fully saturated rings. The second-order valence-electron chi connectivity index (χ2n) is 3.13. The smallest absolute Gasteiger partial charge is 0.354 e. The zero-order chi connectivity index (χ0) is 11.7. The van der Waals surface area contributed by atoms with E-state index in [0.29, 0.717) is 15.7 Å². The lowest BCUT2D eigenvalue weighted by Crippen LogP contribution is -2.05. The maximum atomic E-state index is 10.9. The van der Waals surface area contributed by atoms with Gasteiger partial charge in [0.15, 0.2) is 11.5 Å². The molecule has 2 heterocycles. The summed E-state index contributed by atoms with van der Waals surface area (Å²) in [6, 6.07) is 3.49. The van der Waals surface area contributed by atoms with E-state index < -0.39 is 5.97 Å². The van der Waals surface area contributed by atoms with E-state index in [1.54, 1.807) is 19.1 Å². The quantitative estimate of drug-likeness (QED) is 0.895. The van der Waals surface area contributed by atoms with Crippen molar-refractivity contribution in [3.63, 3.8) is 0 Å². The average molecular weight is 255 g/mol. The molecule has 0 atom stereocenters. The minimum Gasteiger partial charge on any atom is -0.477 e. The summed E-state index contributed by atoms with van der Waals surface area (Å²) in [7, 11) is 0. The van der Waals surface area contributed by atoms with Gasteiger partial charge < -0.3 is 5.11 Å². The molecular weight excluding hydrogens is 248 g/mol. The van der Waals surface area contributed by atoms with Crippen LogP contribution in [0.4, 0.5) is 0 Å². The van der Waals surface area contributed by atoms with Crippen LogP contribution in [0.25, 0.3) is 10.7 Å². The fourth-order valence-corrected chi connectivity index (χ4v) is 2.20. The van der Waals surface area contributed by atoms with Gasteiger partial charge in [0.05, 0.1) is 9.21 Å². The fourth-order valence-electron chi connectivity index (χ4n) is 1.21. The van der Waals surface area contributed by atoms with E-state index in [9.17, 15) is 4.79 Å². The molecule has 0 aliphatic carbocycles. The summed E-state index contributed by atoms with van der Waals surface area (Å²) in [5.74, 6) is -0.663. The van der Waals surface area contributed by atoms with Gasteiger partial charge in [-0.15, -0.1) is 11.3 Å². The van der Waals surface area contributed by atoms with Gasteiger partial charge in [0, 0.05) is 11.8 Å². The topological polar surface area (TPSA) is 63.1 Å². The summed E-state index contributed by atoms with van der Waals surface area (Å²) >= 11 is 7.11. The van der Waals surface area contributed by atoms with E-state index in [4.69, 9.17) is 16.7 Å². The number of carboxylic acids is 1. The second-order valence-corrected chi connectivity index (χ2v) is 4.85. The van der Waals surface area contributed by atoms with Crippen LogP contribution in [-0.2, 0) is 0 Å². The predicted octanol–water partition coefficient (Wildman–Crippen LogP) is 2.87. The third-order valence-corrected chi connectivity index (χ3v) is 3.19. The van der Waals surface area contributed by atoms with Gasteiger partial charge in [-0.1, -0.05) is 11.6 Å². The Hall–Kier alpha value is -1.46. The lowest BCUT2D eigenvalue weighted by atomic mass is 10.2. The molecule has 0 spiro atoms. The largest absolute Gasteiger partial charge is 0.477 e. The van der Waals surface area contributed by atoms with Crippen LogP contribution in [-0.4, -0.2) is 21.0 Å². The standard InChI is InChI=1S/C10H7ClN2O2S/c1-5-4-12-9(13-8(5)10(14)15)6-2-3-7(11)16-6/h2-4H,1H3,(H,14,15). The van der Waals surface area contributed by atoms with E-state index in [0.717, 1.165) is 4.88 Å². The Morgan fingerprint density at radius 2 is 2.25 bits per heavy atom. The molecular formula is C10H7ClN2O2S. The number of hydrogen-bond acceptors (Lipinski definition) is 4. The second kappa shape index (κ2) is 4.19. The van der Waals surface area contributed by atoms with Crippen LogP contribution >= 0.6 is 22.9 Å². The van der Waals surface area contributed by atoms with Gasteiger partial charge in [0.2, 0.25) is 0 Å². The van der Waals surface area contributed by atoms with Crippen molar-refractivity contribution in [3.8, 4) is 10.7 Å². The van der Waals surface area contributed by atoms with Crippen molar-refractivity contribution in [3.05, 3.63) is 33.9 Å². The number of carboxylic acid groups (broad SMARTS) is 1. The highest BCUT2D eigenvalue weighted by Crippen LogP contribution is 2.28. The molecule has 16 heavy (non-hydrogen) atoms. The Kier molecular flexibility index (Phi) is 2.89. The summed E-state index contributed by atoms with van der Waals surface area (Å²) in [5.41, 5.74) is 0.563. The van der Waals surface area contributed by atoms with Crippen molar-refractivity contribution in [2.75, 3.05) is 0 Å². The Balaban J connectivity index is 2.51. The number of rotatable bonds is 2. The van der Waals surface area contributed by atoms with E-state index in [1.807, 2.05) is 0 Å². The molecule has 0 aromatic carbocycles. The van der Waals surface area contributed by atoms with Crippen molar-refractivity contribution in [1.82, 2.24) is 9.97 Å². The van der Waals surface area contributed by atoms with Crippen molar-refractivity contribution in [2.45, 2.75) is 6.92 Å². The zero-order valence-electron chi connectivity index (χ0n) is 8.27. The number of hydrogen-bond donors (Lipinski definition) is 1. The molecule has 82 valence electrons. The van der Waals surface area contributed by atoms with Crippen molar-refractivity contribution < 1.29 is 9.90 Å².